The van der Waals surface area contributed by atoms with Gasteiger partial charge in [-0.2, -0.15) is 0 Å². The van der Waals surface area contributed by atoms with Crippen LogP contribution >= 0.6 is 11.3 Å². The molecule has 20 heavy (non-hydrogen) atoms. The average molecular weight is 298 g/mol. The molecule has 0 bridgehead atoms. The minimum Gasteiger partial charge on any atom is -0.480 e. The molecule has 1 atom stereocenters. The number of hydrogen-bond acceptors (Lipinski definition) is 4. The Hall–Kier alpha value is -1.89. The Morgan fingerprint density at radius 3 is 2.55 bits per heavy atom. The van der Waals surface area contributed by atoms with Crippen molar-refractivity contribution in [2.24, 2.45) is 5.92 Å². The van der Waals surface area contributed by atoms with Crippen molar-refractivity contribution < 1.29 is 19.5 Å². The summed E-state index contributed by atoms with van der Waals surface area (Å²) in [5, 5.41) is 15.6. The van der Waals surface area contributed by atoms with E-state index in [1.807, 2.05) is 13.8 Å². The van der Waals surface area contributed by atoms with Crippen molar-refractivity contribution in [2.75, 3.05) is 6.54 Å². The molecule has 0 aliphatic carbocycles. The number of carboxylic acid groups (broad SMARTS) is 1. The van der Waals surface area contributed by atoms with Crippen LogP contribution in [0.5, 0.6) is 0 Å². The number of rotatable bonds is 7. The van der Waals surface area contributed by atoms with Crippen molar-refractivity contribution in [3.63, 3.8) is 0 Å². The standard InChI is InChI=1S/C13H18N2O4S/c1-8(2)6-9(13(18)19)15-11(16)7-14-12(17)10-4-3-5-20-10/h3-5,8-9H,6-7H2,1-2H3,(H,14,17)(H,15,16)(H,18,19). The van der Waals surface area contributed by atoms with Gasteiger partial charge in [0, 0.05) is 0 Å². The molecule has 6 nitrogen and oxygen atoms in total. The van der Waals surface area contributed by atoms with Gasteiger partial charge in [-0.25, -0.2) is 4.79 Å². The second-order valence-electron chi connectivity index (χ2n) is 4.75. The molecule has 1 heterocycles. The smallest absolute Gasteiger partial charge is 0.326 e. The maximum absolute atomic E-state index is 11.6. The highest BCUT2D eigenvalue weighted by molar-refractivity contribution is 7.12. The number of nitrogens with one attached hydrogen (secondary N) is 2. The van der Waals surface area contributed by atoms with E-state index in [9.17, 15) is 14.4 Å². The fourth-order valence-corrected chi connectivity index (χ4v) is 2.23. The number of carboxylic acids is 1. The van der Waals surface area contributed by atoms with Gasteiger partial charge in [0.15, 0.2) is 0 Å². The van der Waals surface area contributed by atoms with Crippen molar-refractivity contribution in [1.82, 2.24) is 10.6 Å². The van der Waals surface area contributed by atoms with E-state index in [1.165, 1.54) is 11.3 Å². The average Bonchev–Trinajstić information content (AvgIpc) is 2.88. The minimum absolute atomic E-state index is 0.150. The Bertz CT molecular complexity index is 471. The van der Waals surface area contributed by atoms with Gasteiger partial charge in [0.05, 0.1) is 11.4 Å². The maximum Gasteiger partial charge on any atom is 0.326 e. The van der Waals surface area contributed by atoms with Crippen LogP contribution in [0.2, 0.25) is 0 Å². The zero-order valence-corrected chi connectivity index (χ0v) is 12.2. The van der Waals surface area contributed by atoms with Crippen LogP contribution in [0.1, 0.15) is 29.9 Å². The predicted octanol–water partition coefficient (Wildman–Crippen LogP) is 1.09. The van der Waals surface area contributed by atoms with Gasteiger partial charge in [0.25, 0.3) is 5.91 Å². The Kier molecular flexibility index (Phi) is 6.17. The highest BCUT2D eigenvalue weighted by Gasteiger charge is 2.21. The molecular weight excluding hydrogens is 280 g/mol. The molecule has 0 saturated heterocycles. The summed E-state index contributed by atoms with van der Waals surface area (Å²) in [6.07, 6.45) is 0.347. The van der Waals surface area contributed by atoms with Gasteiger partial charge in [0.2, 0.25) is 5.91 Å². The molecule has 3 N–H and O–H groups in total. The second kappa shape index (κ2) is 7.64. The van der Waals surface area contributed by atoms with Gasteiger partial charge >= 0.3 is 5.97 Å². The molecule has 0 radical (unpaired) electrons. The first kappa shape index (κ1) is 16.2. The third kappa shape index (κ3) is 5.40. The van der Waals surface area contributed by atoms with Gasteiger partial charge in [-0.3, -0.25) is 9.59 Å². The van der Waals surface area contributed by atoms with Gasteiger partial charge in [-0.1, -0.05) is 19.9 Å². The summed E-state index contributed by atoms with van der Waals surface area (Å²) in [6, 6.07) is 2.46. The van der Waals surface area contributed by atoms with Gasteiger partial charge in [-0.15, -0.1) is 11.3 Å². The number of amides is 2. The number of hydrogen-bond donors (Lipinski definition) is 3. The number of thiophene rings is 1. The monoisotopic (exact) mass is 298 g/mol. The molecule has 0 aromatic carbocycles. The third-order valence-electron chi connectivity index (χ3n) is 2.49. The first-order valence-electron chi connectivity index (χ1n) is 6.24. The van der Waals surface area contributed by atoms with Crippen molar-refractivity contribution in [2.45, 2.75) is 26.3 Å². The van der Waals surface area contributed by atoms with E-state index in [1.54, 1.807) is 17.5 Å². The second-order valence-corrected chi connectivity index (χ2v) is 5.70. The molecule has 1 unspecified atom stereocenters. The van der Waals surface area contributed by atoms with Crippen LogP contribution in [0.4, 0.5) is 0 Å². The Labute approximate surface area is 121 Å². The van der Waals surface area contributed by atoms with E-state index in [-0.39, 0.29) is 18.4 Å². The van der Waals surface area contributed by atoms with Gasteiger partial charge < -0.3 is 15.7 Å². The van der Waals surface area contributed by atoms with E-state index in [2.05, 4.69) is 10.6 Å². The Balaban J connectivity index is 2.42. The van der Waals surface area contributed by atoms with E-state index < -0.39 is 17.9 Å². The molecule has 1 rings (SSSR count). The van der Waals surface area contributed by atoms with Crippen molar-refractivity contribution in [3.8, 4) is 0 Å². The van der Waals surface area contributed by atoms with Crippen molar-refractivity contribution in [3.05, 3.63) is 22.4 Å². The zero-order valence-electron chi connectivity index (χ0n) is 11.4. The van der Waals surface area contributed by atoms with Crippen LogP contribution in [0, 0.1) is 5.92 Å². The molecule has 1 aromatic rings. The molecule has 2 amide bonds. The zero-order chi connectivity index (χ0) is 15.1. The molecular formula is C13H18N2O4S. The molecule has 0 fully saturated rings. The van der Waals surface area contributed by atoms with Crippen LogP contribution < -0.4 is 10.6 Å². The van der Waals surface area contributed by atoms with E-state index in [4.69, 9.17) is 5.11 Å². The molecule has 0 spiro atoms. The summed E-state index contributed by atoms with van der Waals surface area (Å²) in [6.45, 7) is 3.51. The van der Waals surface area contributed by atoms with Crippen molar-refractivity contribution >= 4 is 29.1 Å². The predicted molar refractivity (Wildman–Crippen MR) is 75.7 cm³/mol. The largest absolute Gasteiger partial charge is 0.480 e. The lowest BCUT2D eigenvalue weighted by atomic mass is 10.0. The normalized spacial score (nSPS) is 11.9. The van der Waals surface area contributed by atoms with Crippen molar-refractivity contribution in [1.29, 1.82) is 0 Å². The Morgan fingerprint density at radius 2 is 2.05 bits per heavy atom. The number of carbonyl (C=O) groups excluding carboxylic acids is 2. The van der Waals surface area contributed by atoms with Crippen LogP contribution in [-0.4, -0.2) is 35.5 Å². The van der Waals surface area contributed by atoms with Crippen LogP contribution in [0.3, 0.4) is 0 Å². The molecule has 1 aromatic heterocycles. The van der Waals surface area contributed by atoms with E-state index in [0.717, 1.165) is 0 Å². The van der Waals surface area contributed by atoms with Crippen LogP contribution in [0.15, 0.2) is 17.5 Å². The molecule has 110 valence electrons. The Morgan fingerprint density at radius 1 is 1.35 bits per heavy atom. The summed E-state index contributed by atoms with van der Waals surface area (Å²) in [5.74, 6) is -1.78. The molecule has 0 aliphatic heterocycles. The first-order valence-corrected chi connectivity index (χ1v) is 7.12. The van der Waals surface area contributed by atoms with Crippen LogP contribution in [-0.2, 0) is 9.59 Å². The van der Waals surface area contributed by atoms with Crippen LogP contribution in [0.25, 0.3) is 0 Å². The minimum atomic E-state index is -1.07. The topological polar surface area (TPSA) is 95.5 Å². The van der Waals surface area contributed by atoms with Gasteiger partial charge in [0.1, 0.15) is 6.04 Å². The number of carbonyl (C=O) groups is 3. The molecule has 7 heteroatoms. The SMILES string of the molecule is CC(C)CC(NC(=O)CNC(=O)c1cccs1)C(=O)O. The third-order valence-corrected chi connectivity index (χ3v) is 3.36. The lowest BCUT2D eigenvalue weighted by molar-refractivity contribution is -0.142. The summed E-state index contributed by atoms with van der Waals surface area (Å²) < 4.78 is 0. The molecule has 0 aliphatic rings. The summed E-state index contributed by atoms with van der Waals surface area (Å²) in [4.78, 5) is 34.7. The van der Waals surface area contributed by atoms with E-state index >= 15 is 0 Å². The summed E-state index contributed by atoms with van der Waals surface area (Å²) in [7, 11) is 0. The fraction of sp³-hybridized carbons (Fsp3) is 0.462. The quantitative estimate of drug-likeness (QED) is 0.702. The highest BCUT2D eigenvalue weighted by atomic mass is 32.1. The molecule has 0 saturated carbocycles. The lowest BCUT2D eigenvalue weighted by Crippen LogP contribution is -2.46. The highest BCUT2D eigenvalue weighted by Crippen LogP contribution is 2.07. The van der Waals surface area contributed by atoms with Gasteiger partial charge in [-0.05, 0) is 23.8 Å². The fourth-order valence-electron chi connectivity index (χ4n) is 1.59. The lowest BCUT2D eigenvalue weighted by Gasteiger charge is -2.16. The summed E-state index contributed by atoms with van der Waals surface area (Å²) >= 11 is 1.27. The number of aliphatic carboxylic acids is 1. The maximum atomic E-state index is 11.6. The summed E-state index contributed by atoms with van der Waals surface area (Å²) in [5.41, 5.74) is 0. The van der Waals surface area contributed by atoms with E-state index in [0.29, 0.717) is 11.3 Å². The first-order chi connectivity index (χ1) is 9.40.